The van der Waals surface area contributed by atoms with Crippen LogP contribution in [0, 0.1) is 0 Å². The number of ether oxygens (including phenoxy) is 2. The van der Waals surface area contributed by atoms with Crippen molar-refractivity contribution in [2.24, 2.45) is 0 Å². The van der Waals surface area contributed by atoms with Crippen LogP contribution in [0.2, 0.25) is 5.02 Å². The van der Waals surface area contributed by atoms with Crippen molar-refractivity contribution < 1.29 is 19.4 Å². The van der Waals surface area contributed by atoms with Gasteiger partial charge in [0, 0.05) is 5.56 Å². The van der Waals surface area contributed by atoms with E-state index in [2.05, 4.69) is 0 Å². The van der Waals surface area contributed by atoms with Crippen molar-refractivity contribution in [3.63, 3.8) is 0 Å². The van der Waals surface area contributed by atoms with Gasteiger partial charge >= 0.3 is 5.97 Å². The number of carbonyl (C=O) groups is 1. The maximum atomic E-state index is 11.6. The van der Waals surface area contributed by atoms with E-state index in [9.17, 15) is 9.90 Å². The minimum absolute atomic E-state index is 0.132. The van der Waals surface area contributed by atoms with Gasteiger partial charge in [0.05, 0.1) is 17.7 Å². The van der Waals surface area contributed by atoms with Gasteiger partial charge in [-0.25, -0.2) is 4.79 Å². The molecular formula is C17H15ClO4. The lowest BCUT2D eigenvalue weighted by Crippen LogP contribution is -2.16. The number of esters is 1. The smallest absolute Gasteiger partial charge is 0.337 e. The Morgan fingerprint density at radius 2 is 2.14 bits per heavy atom. The second kappa shape index (κ2) is 5.89. The molecule has 1 heterocycles. The van der Waals surface area contributed by atoms with Crippen LogP contribution in [0.1, 0.15) is 34.0 Å². The number of aryl methyl sites for hydroxylation is 1. The number of hydrogen-bond acceptors (Lipinski definition) is 4. The third kappa shape index (κ3) is 2.74. The summed E-state index contributed by atoms with van der Waals surface area (Å²) in [7, 11) is 1.36. The van der Waals surface area contributed by atoms with E-state index in [0.717, 1.165) is 29.7 Å². The SMILES string of the molecule is COC(=O)c1ccc2c(c1)CC[C@H](c1ccc(O)cc1Cl)O2. The van der Waals surface area contributed by atoms with Crippen molar-refractivity contribution in [3.05, 3.63) is 58.1 Å². The van der Waals surface area contributed by atoms with Crippen molar-refractivity contribution >= 4 is 17.6 Å². The lowest BCUT2D eigenvalue weighted by molar-refractivity contribution is 0.0600. The van der Waals surface area contributed by atoms with E-state index in [4.69, 9.17) is 21.1 Å². The van der Waals surface area contributed by atoms with Crippen LogP contribution < -0.4 is 4.74 Å². The molecule has 0 fully saturated rings. The van der Waals surface area contributed by atoms with Crippen molar-refractivity contribution in [3.8, 4) is 11.5 Å². The van der Waals surface area contributed by atoms with Crippen molar-refractivity contribution in [2.45, 2.75) is 18.9 Å². The van der Waals surface area contributed by atoms with E-state index in [0.29, 0.717) is 10.6 Å². The van der Waals surface area contributed by atoms with E-state index in [1.807, 2.05) is 0 Å². The fraction of sp³-hybridized carbons (Fsp3) is 0.235. The molecule has 1 aliphatic rings. The highest BCUT2D eigenvalue weighted by atomic mass is 35.5. The first-order chi connectivity index (χ1) is 10.6. The fourth-order valence-corrected chi connectivity index (χ4v) is 2.93. The van der Waals surface area contributed by atoms with Gasteiger partial charge < -0.3 is 14.6 Å². The summed E-state index contributed by atoms with van der Waals surface area (Å²) in [6.07, 6.45) is 1.37. The number of methoxy groups -OCH3 is 1. The molecule has 114 valence electrons. The Morgan fingerprint density at radius 3 is 2.86 bits per heavy atom. The summed E-state index contributed by atoms with van der Waals surface area (Å²) in [4.78, 5) is 11.6. The topological polar surface area (TPSA) is 55.8 Å². The van der Waals surface area contributed by atoms with Crippen LogP contribution in [0.25, 0.3) is 0 Å². The van der Waals surface area contributed by atoms with E-state index in [1.54, 1.807) is 30.3 Å². The van der Waals surface area contributed by atoms with E-state index in [-0.39, 0.29) is 17.8 Å². The summed E-state index contributed by atoms with van der Waals surface area (Å²) in [6, 6.07) is 10.1. The molecule has 5 heteroatoms. The molecule has 3 rings (SSSR count). The highest BCUT2D eigenvalue weighted by molar-refractivity contribution is 6.31. The number of halogens is 1. The van der Waals surface area contributed by atoms with Gasteiger partial charge in [-0.15, -0.1) is 0 Å². The molecule has 0 saturated heterocycles. The zero-order valence-electron chi connectivity index (χ0n) is 12.0. The van der Waals surface area contributed by atoms with Crippen LogP contribution in [0.5, 0.6) is 11.5 Å². The molecule has 0 unspecified atom stereocenters. The first-order valence-electron chi connectivity index (χ1n) is 6.95. The molecule has 0 aliphatic carbocycles. The minimum atomic E-state index is -0.355. The van der Waals surface area contributed by atoms with Crippen LogP contribution in [0.15, 0.2) is 36.4 Å². The van der Waals surface area contributed by atoms with Crippen molar-refractivity contribution in [1.29, 1.82) is 0 Å². The molecule has 1 N–H and O–H groups in total. The van der Waals surface area contributed by atoms with E-state index in [1.165, 1.54) is 13.2 Å². The van der Waals surface area contributed by atoms with E-state index < -0.39 is 0 Å². The third-order valence-electron chi connectivity index (χ3n) is 3.76. The van der Waals surface area contributed by atoms with Gasteiger partial charge in [0.2, 0.25) is 0 Å². The third-order valence-corrected chi connectivity index (χ3v) is 4.08. The normalized spacial score (nSPS) is 16.5. The second-order valence-corrected chi connectivity index (χ2v) is 5.57. The summed E-state index contributed by atoms with van der Waals surface area (Å²) in [5.74, 6) is 0.521. The standard InChI is InChI=1S/C17H15ClO4/c1-21-17(20)11-3-6-15-10(8-11)2-7-16(22-15)13-5-4-12(19)9-14(13)18/h3-6,8-9,16,19H,2,7H2,1H3/t16-/m1/s1. The molecule has 0 spiro atoms. The molecule has 0 amide bonds. The molecule has 2 aromatic carbocycles. The average Bonchev–Trinajstić information content (AvgIpc) is 2.53. The summed E-state index contributed by atoms with van der Waals surface area (Å²) in [6.45, 7) is 0. The quantitative estimate of drug-likeness (QED) is 0.853. The highest BCUT2D eigenvalue weighted by Gasteiger charge is 2.24. The van der Waals surface area contributed by atoms with Gasteiger partial charge in [0.1, 0.15) is 17.6 Å². The Labute approximate surface area is 133 Å². The minimum Gasteiger partial charge on any atom is -0.508 e. The number of rotatable bonds is 2. The van der Waals surface area contributed by atoms with Gasteiger partial charge in [-0.2, -0.15) is 0 Å². The Bertz CT molecular complexity index is 727. The monoisotopic (exact) mass is 318 g/mol. The summed E-state index contributed by atoms with van der Waals surface area (Å²) in [5.41, 5.74) is 2.35. The fourth-order valence-electron chi connectivity index (χ4n) is 2.63. The summed E-state index contributed by atoms with van der Waals surface area (Å²) in [5, 5.41) is 9.92. The van der Waals surface area contributed by atoms with Crippen LogP contribution in [0.4, 0.5) is 0 Å². The number of hydrogen-bond donors (Lipinski definition) is 1. The van der Waals surface area contributed by atoms with Gasteiger partial charge in [0.25, 0.3) is 0 Å². The molecule has 1 atom stereocenters. The number of aromatic hydroxyl groups is 1. The van der Waals surface area contributed by atoms with Crippen LogP contribution >= 0.6 is 11.6 Å². The molecule has 2 aromatic rings. The number of benzene rings is 2. The molecule has 22 heavy (non-hydrogen) atoms. The zero-order valence-corrected chi connectivity index (χ0v) is 12.8. The van der Waals surface area contributed by atoms with Gasteiger partial charge in [0.15, 0.2) is 0 Å². The number of phenols is 1. The number of carbonyl (C=O) groups excluding carboxylic acids is 1. The molecule has 0 aromatic heterocycles. The molecule has 0 radical (unpaired) electrons. The van der Waals surface area contributed by atoms with Crippen molar-refractivity contribution in [2.75, 3.05) is 7.11 Å². The van der Waals surface area contributed by atoms with Gasteiger partial charge in [-0.1, -0.05) is 17.7 Å². The zero-order chi connectivity index (χ0) is 15.7. The Kier molecular flexibility index (Phi) is 3.94. The van der Waals surface area contributed by atoms with Crippen LogP contribution in [0.3, 0.4) is 0 Å². The maximum Gasteiger partial charge on any atom is 0.337 e. The lowest BCUT2D eigenvalue weighted by atomic mass is 9.96. The largest absolute Gasteiger partial charge is 0.508 e. The first kappa shape index (κ1) is 14.7. The molecule has 0 bridgehead atoms. The number of phenolic OH excluding ortho intramolecular Hbond substituents is 1. The molecular weight excluding hydrogens is 304 g/mol. The Balaban J connectivity index is 1.86. The Morgan fingerprint density at radius 1 is 1.32 bits per heavy atom. The first-order valence-corrected chi connectivity index (χ1v) is 7.32. The summed E-state index contributed by atoms with van der Waals surface area (Å²) < 4.78 is 10.7. The van der Waals surface area contributed by atoms with Crippen LogP contribution in [-0.4, -0.2) is 18.2 Å². The summed E-state index contributed by atoms with van der Waals surface area (Å²) >= 11 is 6.17. The highest BCUT2D eigenvalue weighted by Crippen LogP contribution is 2.38. The van der Waals surface area contributed by atoms with Crippen LogP contribution in [-0.2, 0) is 11.2 Å². The van der Waals surface area contributed by atoms with Gasteiger partial charge in [-0.3, -0.25) is 0 Å². The molecule has 1 aliphatic heterocycles. The second-order valence-electron chi connectivity index (χ2n) is 5.17. The predicted octanol–water partition coefficient (Wildman–Crippen LogP) is 3.90. The van der Waals surface area contributed by atoms with Gasteiger partial charge in [-0.05, 0) is 48.7 Å². The predicted molar refractivity (Wildman–Crippen MR) is 82.6 cm³/mol. The Hall–Kier alpha value is -2.20. The maximum absolute atomic E-state index is 11.6. The molecule has 4 nitrogen and oxygen atoms in total. The average molecular weight is 319 g/mol. The van der Waals surface area contributed by atoms with E-state index >= 15 is 0 Å². The van der Waals surface area contributed by atoms with Crippen molar-refractivity contribution in [1.82, 2.24) is 0 Å². The number of fused-ring (bicyclic) bond motifs is 1. The lowest BCUT2D eigenvalue weighted by Gasteiger charge is -2.27. The molecule has 0 saturated carbocycles.